The third-order valence-electron chi connectivity index (χ3n) is 7.22. The van der Waals surface area contributed by atoms with Gasteiger partial charge in [-0.3, -0.25) is 19.3 Å². The number of fused-ring (bicyclic) bond motifs is 1. The molecule has 1 aliphatic heterocycles. The van der Waals surface area contributed by atoms with E-state index in [0.717, 1.165) is 11.8 Å². The summed E-state index contributed by atoms with van der Waals surface area (Å²) in [4.78, 5) is 38.5. The van der Waals surface area contributed by atoms with E-state index in [1.807, 2.05) is 0 Å². The molecule has 4 saturated carbocycles. The van der Waals surface area contributed by atoms with Crippen molar-refractivity contribution in [3.63, 3.8) is 0 Å². The van der Waals surface area contributed by atoms with Crippen molar-refractivity contribution in [3.8, 4) is 0 Å². The molecule has 1 aromatic carbocycles. The number of imide groups is 1. The Morgan fingerprint density at radius 1 is 0.926 bits per heavy atom. The van der Waals surface area contributed by atoms with Gasteiger partial charge in [0.1, 0.15) is 0 Å². The van der Waals surface area contributed by atoms with E-state index in [1.165, 1.54) is 37.0 Å². The van der Waals surface area contributed by atoms with E-state index >= 15 is 0 Å². The van der Waals surface area contributed by atoms with Gasteiger partial charge < -0.3 is 5.32 Å². The molecule has 0 spiro atoms. The van der Waals surface area contributed by atoms with Crippen LogP contribution in [-0.4, -0.2) is 35.2 Å². The summed E-state index contributed by atoms with van der Waals surface area (Å²) in [6.45, 7) is 0.307. The first-order valence-electron chi connectivity index (χ1n) is 10.3. The monoisotopic (exact) mass is 366 g/mol. The fourth-order valence-corrected chi connectivity index (χ4v) is 6.26. The average molecular weight is 366 g/mol. The number of amides is 3. The molecule has 0 unspecified atom stereocenters. The minimum Gasteiger partial charge on any atom is -0.353 e. The Hall–Kier alpha value is -2.17. The Morgan fingerprint density at radius 3 is 2.04 bits per heavy atom. The number of nitrogens with one attached hydrogen (secondary N) is 1. The summed E-state index contributed by atoms with van der Waals surface area (Å²) in [5, 5.41) is 3.30. The summed E-state index contributed by atoms with van der Waals surface area (Å²) in [5.74, 6) is 2.73. The summed E-state index contributed by atoms with van der Waals surface area (Å²) in [7, 11) is 0. The predicted molar refractivity (Wildman–Crippen MR) is 100 cm³/mol. The molecule has 27 heavy (non-hydrogen) atoms. The van der Waals surface area contributed by atoms with Crippen LogP contribution in [0.3, 0.4) is 0 Å². The van der Waals surface area contributed by atoms with E-state index in [2.05, 4.69) is 5.32 Å². The molecule has 6 rings (SSSR count). The molecule has 142 valence electrons. The van der Waals surface area contributed by atoms with E-state index in [1.54, 1.807) is 24.3 Å². The molecule has 5 nitrogen and oxygen atoms in total. The zero-order chi connectivity index (χ0) is 18.5. The van der Waals surface area contributed by atoms with Crippen molar-refractivity contribution < 1.29 is 14.4 Å². The lowest BCUT2D eigenvalue weighted by Crippen LogP contribution is -2.55. The minimum absolute atomic E-state index is 0.0732. The molecule has 4 aliphatic carbocycles. The second kappa shape index (κ2) is 6.47. The van der Waals surface area contributed by atoms with E-state index in [4.69, 9.17) is 0 Å². The topological polar surface area (TPSA) is 66.5 Å². The van der Waals surface area contributed by atoms with Gasteiger partial charge in [-0.25, -0.2) is 0 Å². The second-order valence-corrected chi connectivity index (χ2v) is 8.94. The molecule has 0 atom stereocenters. The molecule has 0 saturated heterocycles. The summed E-state index contributed by atoms with van der Waals surface area (Å²) >= 11 is 0. The highest BCUT2D eigenvalue weighted by molar-refractivity contribution is 6.21. The standard InChI is InChI=1S/C22H26N2O3/c25-19(23-20-15-9-13-8-14(11-15)12-16(20)10-13)6-3-7-24-21(26)17-4-1-2-5-18(17)22(24)27/h1-2,4-5,13-16,20H,3,6-12H2,(H,23,25). The van der Waals surface area contributed by atoms with Crippen LogP contribution in [-0.2, 0) is 4.79 Å². The number of nitrogens with zero attached hydrogens (tertiary/aromatic N) is 1. The number of carbonyl (C=O) groups is 3. The van der Waals surface area contributed by atoms with Gasteiger partial charge >= 0.3 is 0 Å². The van der Waals surface area contributed by atoms with Gasteiger partial charge in [0.15, 0.2) is 0 Å². The zero-order valence-electron chi connectivity index (χ0n) is 15.5. The first-order chi connectivity index (χ1) is 13.1. The molecular formula is C22H26N2O3. The molecule has 0 radical (unpaired) electrons. The highest BCUT2D eigenvalue weighted by atomic mass is 16.2. The van der Waals surface area contributed by atoms with Crippen molar-refractivity contribution in [2.45, 2.75) is 51.0 Å². The van der Waals surface area contributed by atoms with Crippen molar-refractivity contribution >= 4 is 17.7 Å². The number of carbonyl (C=O) groups excluding carboxylic acids is 3. The third kappa shape index (κ3) is 2.88. The smallest absolute Gasteiger partial charge is 0.261 e. The molecule has 5 aliphatic rings. The van der Waals surface area contributed by atoms with Crippen molar-refractivity contribution in [2.75, 3.05) is 6.54 Å². The van der Waals surface area contributed by atoms with Gasteiger partial charge in [0.2, 0.25) is 5.91 Å². The molecule has 0 aromatic heterocycles. The van der Waals surface area contributed by atoms with Crippen LogP contribution < -0.4 is 5.32 Å². The fraction of sp³-hybridized carbons (Fsp3) is 0.591. The van der Waals surface area contributed by atoms with Crippen LogP contribution >= 0.6 is 0 Å². The number of rotatable bonds is 5. The maximum absolute atomic E-state index is 12.5. The van der Waals surface area contributed by atoms with Gasteiger partial charge in [-0.1, -0.05) is 12.1 Å². The molecule has 4 fully saturated rings. The van der Waals surface area contributed by atoms with E-state index < -0.39 is 0 Å². The van der Waals surface area contributed by atoms with Crippen LogP contribution in [0.25, 0.3) is 0 Å². The lowest BCUT2D eigenvalue weighted by Gasteiger charge is -2.54. The highest BCUT2D eigenvalue weighted by Gasteiger charge is 2.48. The fourth-order valence-electron chi connectivity index (χ4n) is 6.26. The average Bonchev–Trinajstić information content (AvgIpc) is 2.89. The normalized spacial score (nSPS) is 33.5. The maximum Gasteiger partial charge on any atom is 0.261 e. The quantitative estimate of drug-likeness (QED) is 0.815. The lowest BCUT2D eigenvalue weighted by molar-refractivity contribution is -0.125. The number of hydrogen-bond acceptors (Lipinski definition) is 3. The van der Waals surface area contributed by atoms with Crippen molar-refractivity contribution in [1.29, 1.82) is 0 Å². The first kappa shape index (κ1) is 17.0. The van der Waals surface area contributed by atoms with E-state index in [0.29, 0.717) is 48.4 Å². The summed E-state index contributed by atoms with van der Waals surface area (Å²) in [6.07, 6.45) is 7.44. The molecule has 5 heteroatoms. The minimum atomic E-state index is -0.239. The number of hydrogen-bond donors (Lipinski definition) is 1. The van der Waals surface area contributed by atoms with Crippen molar-refractivity contribution in [1.82, 2.24) is 10.2 Å². The molecule has 1 aromatic rings. The van der Waals surface area contributed by atoms with Crippen molar-refractivity contribution in [3.05, 3.63) is 35.4 Å². The Labute approximate surface area is 159 Å². The lowest BCUT2D eigenvalue weighted by atomic mass is 9.54. The third-order valence-corrected chi connectivity index (χ3v) is 7.22. The van der Waals surface area contributed by atoms with Crippen LogP contribution in [0.1, 0.15) is 65.7 Å². The summed E-state index contributed by atoms with van der Waals surface area (Å²) < 4.78 is 0. The molecule has 4 bridgehead atoms. The van der Waals surface area contributed by atoms with E-state index in [9.17, 15) is 14.4 Å². The van der Waals surface area contributed by atoms with Gasteiger partial charge in [-0.2, -0.15) is 0 Å². The first-order valence-corrected chi connectivity index (χ1v) is 10.3. The Bertz CT molecular complexity index is 740. The predicted octanol–water partition coefficient (Wildman–Crippen LogP) is 3.00. The second-order valence-electron chi connectivity index (χ2n) is 8.94. The molecule has 1 N–H and O–H groups in total. The van der Waals surface area contributed by atoms with Gasteiger partial charge in [-0.05, 0) is 74.3 Å². The summed E-state index contributed by atoms with van der Waals surface area (Å²) in [6, 6.07) is 7.27. The van der Waals surface area contributed by atoms with Crippen molar-refractivity contribution in [2.24, 2.45) is 23.7 Å². The highest BCUT2D eigenvalue weighted by Crippen LogP contribution is 2.53. The summed E-state index contributed by atoms with van der Waals surface area (Å²) in [5.41, 5.74) is 0.945. The van der Waals surface area contributed by atoms with Gasteiger partial charge in [0.25, 0.3) is 11.8 Å². The molecule has 3 amide bonds. The zero-order valence-corrected chi connectivity index (χ0v) is 15.5. The largest absolute Gasteiger partial charge is 0.353 e. The molecule has 1 heterocycles. The van der Waals surface area contributed by atoms with Crippen LogP contribution in [0.5, 0.6) is 0 Å². The Morgan fingerprint density at radius 2 is 1.48 bits per heavy atom. The van der Waals surface area contributed by atoms with Crippen LogP contribution in [0, 0.1) is 23.7 Å². The van der Waals surface area contributed by atoms with Crippen LogP contribution in [0.15, 0.2) is 24.3 Å². The Balaban J connectivity index is 1.14. The Kier molecular flexibility index (Phi) is 4.06. The van der Waals surface area contributed by atoms with Gasteiger partial charge in [0, 0.05) is 19.0 Å². The van der Waals surface area contributed by atoms with Crippen LogP contribution in [0.4, 0.5) is 0 Å². The van der Waals surface area contributed by atoms with Gasteiger partial charge in [0.05, 0.1) is 11.1 Å². The number of benzene rings is 1. The van der Waals surface area contributed by atoms with Gasteiger partial charge in [-0.15, -0.1) is 0 Å². The van der Waals surface area contributed by atoms with Crippen LogP contribution in [0.2, 0.25) is 0 Å². The molecular weight excluding hydrogens is 340 g/mol. The maximum atomic E-state index is 12.5. The van der Waals surface area contributed by atoms with E-state index in [-0.39, 0.29) is 17.7 Å². The SMILES string of the molecule is O=C(CCCN1C(=O)c2ccccc2C1=O)NC1C2CC3CC(C2)CC1C3.